The summed E-state index contributed by atoms with van der Waals surface area (Å²) in [5, 5.41) is 12.4. The van der Waals surface area contributed by atoms with Gasteiger partial charge in [0.25, 0.3) is 0 Å². The SMILES string of the molecule is CC1CCCN(CCc2nc(-c3nnc(N)s3)cs2)C1. The van der Waals surface area contributed by atoms with Gasteiger partial charge in [0.15, 0.2) is 5.01 Å². The van der Waals surface area contributed by atoms with Crippen molar-refractivity contribution >= 4 is 27.8 Å². The topological polar surface area (TPSA) is 67.9 Å². The first kappa shape index (κ1) is 13.9. The van der Waals surface area contributed by atoms with Gasteiger partial charge >= 0.3 is 0 Å². The van der Waals surface area contributed by atoms with Gasteiger partial charge in [-0.3, -0.25) is 0 Å². The Morgan fingerprint density at radius 2 is 2.35 bits per heavy atom. The molecule has 0 bridgehead atoms. The summed E-state index contributed by atoms with van der Waals surface area (Å²) in [7, 11) is 0. The molecule has 108 valence electrons. The first-order chi connectivity index (χ1) is 9.70. The van der Waals surface area contributed by atoms with E-state index in [-0.39, 0.29) is 0 Å². The molecule has 0 aromatic carbocycles. The molecule has 2 N–H and O–H groups in total. The molecule has 1 unspecified atom stereocenters. The molecule has 20 heavy (non-hydrogen) atoms. The van der Waals surface area contributed by atoms with Crippen LogP contribution in [0.15, 0.2) is 5.38 Å². The van der Waals surface area contributed by atoms with Crippen molar-refractivity contribution in [1.29, 1.82) is 0 Å². The van der Waals surface area contributed by atoms with Crippen molar-refractivity contribution in [2.75, 3.05) is 25.4 Å². The highest BCUT2D eigenvalue weighted by Gasteiger charge is 2.16. The van der Waals surface area contributed by atoms with Crippen LogP contribution in [-0.4, -0.2) is 39.7 Å². The lowest BCUT2D eigenvalue weighted by molar-refractivity contribution is 0.186. The van der Waals surface area contributed by atoms with Crippen LogP contribution in [0, 0.1) is 5.92 Å². The second kappa shape index (κ2) is 6.15. The lowest BCUT2D eigenvalue weighted by atomic mass is 10.0. The lowest BCUT2D eigenvalue weighted by Gasteiger charge is -2.30. The summed E-state index contributed by atoms with van der Waals surface area (Å²) in [6.45, 7) is 5.91. The van der Waals surface area contributed by atoms with Gasteiger partial charge < -0.3 is 10.6 Å². The van der Waals surface area contributed by atoms with Crippen LogP contribution in [0.1, 0.15) is 24.8 Å². The van der Waals surface area contributed by atoms with E-state index >= 15 is 0 Å². The maximum absolute atomic E-state index is 5.61. The fraction of sp³-hybridized carbons (Fsp3) is 0.615. The van der Waals surface area contributed by atoms with Crippen molar-refractivity contribution in [3.05, 3.63) is 10.4 Å². The number of nitrogen functional groups attached to an aromatic ring is 1. The molecule has 0 aliphatic carbocycles. The highest BCUT2D eigenvalue weighted by Crippen LogP contribution is 2.26. The molecular formula is C13H19N5S2. The Bertz CT molecular complexity index is 565. The van der Waals surface area contributed by atoms with E-state index in [1.54, 1.807) is 11.3 Å². The number of piperidine rings is 1. The molecule has 0 radical (unpaired) electrons. The van der Waals surface area contributed by atoms with Crippen molar-refractivity contribution in [2.45, 2.75) is 26.2 Å². The fourth-order valence-corrected chi connectivity index (χ4v) is 4.02. The van der Waals surface area contributed by atoms with Crippen LogP contribution < -0.4 is 5.73 Å². The summed E-state index contributed by atoms with van der Waals surface area (Å²) < 4.78 is 0. The molecule has 3 rings (SSSR count). The molecule has 2 aromatic rings. The molecule has 7 heteroatoms. The minimum Gasteiger partial charge on any atom is -0.374 e. The van der Waals surface area contributed by atoms with E-state index in [1.807, 2.05) is 5.38 Å². The van der Waals surface area contributed by atoms with Gasteiger partial charge in [-0.2, -0.15) is 0 Å². The third-order valence-electron chi connectivity index (χ3n) is 3.59. The summed E-state index contributed by atoms with van der Waals surface area (Å²) in [4.78, 5) is 7.20. The molecule has 1 atom stereocenters. The van der Waals surface area contributed by atoms with Gasteiger partial charge in [0.2, 0.25) is 5.13 Å². The summed E-state index contributed by atoms with van der Waals surface area (Å²) in [6.07, 6.45) is 3.72. The minimum absolute atomic E-state index is 0.497. The quantitative estimate of drug-likeness (QED) is 0.940. The van der Waals surface area contributed by atoms with E-state index < -0.39 is 0 Å². The van der Waals surface area contributed by atoms with Gasteiger partial charge in [-0.15, -0.1) is 21.5 Å². The smallest absolute Gasteiger partial charge is 0.203 e. The number of anilines is 1. The Morgan fingerprint density at radius 3 is 3.10 bits per heavy atom. The summed E-state index contributed by atoms with van der Waals surface area (Å²) in [6, 6.07) is 0. The fourth-order valence-electron chi connectivity index (χ4n) is 2.61. The molecule has 0 spiro atoms. The number of nitrogens with two attached hydrogens (primary N) is 1. The molecule has 2 aromatic heterocycles. The Hall–Kier alpha value is -1.05. The predicted octanol–water partition coefficient (Wildman–Crippen LogP) is 2.52. The number of aromatic nitrogens is 3. The Labute approximate surface area is 126 Å². The van der Waals surface area contributed by atoms with Gasteiger partial charge in [-0.25, -0.2) is 4.98 Å². The average Bonchev–Trinajstić information content (AvgIpc) is 3.05. The second-order valence-electron chi connectivity index (χ2n) is 5.37. The standard InChI is InChI=1S/C13H19N5S2/c1-9-3-2-5-18(7-9)6-4-11-15-10(8-19-11)12-16-17-13(14)20-12/h8-9H,2-7H2,1H3,(H2,14,17). The molecule has 5 nitrogen and oxygen atoms in total. The number of hydrogen-bond donors (Lipinski definition) is 1. The van der Waals surface area contributed by atoms with Crippen LogP contribution in [0.4, 0.5) is 5.13 Å². The van der Waals surface area contributed by atoms with Crippen LogP contribution in [0.5, 0.6) is 0 Å². The molecule has 0 amide bonds. The third-order valence-corrected chi connectivity index (χ3v) is 5.28. The van der Waals surface area contributed by atoms with E-state index in [1.165, 1.54) is 42.3 Å². The van der Waals surface area contributed by atoms with Crippen LogP contribution >= 0.6 is 22.7 Å². The van der Waals surface area contributed by atoms with Crippen molar-refractivity contribution in [3.63, 3.8) is 0 Å². The summed E-state index contributed by atoms with van der Waals surface area (Å²) >= 11 is 3.09. The first-order valence-electron chi connectivity index (χ1n) is 6.97. The number of thiazole rings is 1. The van der Waals surface area contributed by atoms with Gasteiger partial charge in [-0.1, -0.05) is 18.3 Å². The molecule has 3 heterocycles. The van der Waals surface area contributed by atoms with Crippen LogP contribution in [0.2, 0.25) is 0 Å². The highest BCUT2D eigenvalue weighted by atomic mass is 32.1. The number of rotatable bonds is 4. The molecule has 0 saturated carbocycles. The van der Waals surface area contributed by atoms with Gasteiger partial charge in [-0.05, 0) is 25.3 Å². The Balaban J connectivity index is 1.57. The van der Waals surface area contributed by atoms with E-state index in [2.05, 4.69) is 27.0 Å². The zero-order valence-corrected chi connectivity index (χ0v) is 13.2. The van der Waals surface area contributed by atoms with E-state index in [4.69, 9.17) is 5.73 Å². The molecule has 1 fully saturated rings. The molecule has 1 aliphatic heterocycles. The van der Waals surface area contributed by atoms with Gasteiger partial charge in [0.1, 0.15) is 5.69 Å². The maximum Gasteiger partial charge on any atom is 0.203 e. The van der Waals surface area contributed by atoms with E-state index in [0.29, 0.717) is 5.13 Å². The van der Waals surface area contributed by atoms with E-state index in [0.717, 1.165) is 29.6 Å². The van der Waals surface area contributed by atoms with Crippen LogP contribution in [0.3, 0.4) is 0 Å². The molecular weight excluding hydrogens is 290 g/mol. The van der Waals surface area contributed by atoms with Crippen LogP contribution in [-0.2, 0) is 6.42 Å². The predicted molar refractivity (Wildman–Crippen MR) is 84.0 cm³/mol. The Morgan fingerprint density at radius 1 is 1.45 bits per heavy atom. The van der Waals surface area contributed by atoms with Crippen molar-refractivity contribution in [1.82, 2.24) is 20.1 Å². The highest BCUT2D eigenvalue weighted by molar-refractivity contribution is 7.18. The van der Waals surface area contributed by atoms with Gasteiger partial charge in [0.05, 0.1) is 5.01 Å². The second-order valence-corrected chi connectivity index (χ2v) is 7.32. The maximum atomic E-state index is 5.61. The normalized spacial score (nSPS) is 20.4. The first-order valence-corrected chi connectivity index (χ1v) is 8.66. The summed E-state index contributed by atoms with van der Waals surface area (Å²) in [5.41, 5.74) is 6.51. The molecule has 1 saturated heterocycles. The van der Waals surface area contributed by atoms with Crippen molar-refractivity contribution in [3.8, 4) is 10.7 Å². The number of likely N-dealkylation sites (tertiary alicyclic amines) is 1. The zero-order chi connectivity index (χ0) is 13.9. The number of nitrogens with zero attached hydrogens (tertiary/aromatic N) is 4. The molecule has 1 aliphatic rings. The Kier molecular flexibility index (Phi) is 4.28. The zero-order valence-electron chi connectivity index (χ0n) is 11.6. The third kappa shape index (κ3) is 3.34. The largest absolute Gasteiger partial charge is 0.374 e. The average molecular weight is 309 g/mol. The van der Waals surface area contributed by atoms with Crippen molar-refractivity contribution in [2.24, 2.45) is 5.92 Å². The number of hydrogen-bond acceptors (Lipinski definition) is 7. The minimum atomic E-state index is 0.497. The monoisotopic (exact) mass is 309 g/mol. The van der Waals surface area contributed by atoms with Gasteiger partial charge in [0, 0.05) is 24.9 Å². The van der Waals surface area contributed by atoms with E-state index in [9.17, 15) is 0 Å². The lowest BCUT2D eigenvalue weighted by Crippen LogP contribution is -2.35. The van der Waals surface area contributed by atoms with Crippen molar-refractivity contribution < 1.29 is 0 Å². The van der Waals surface area contributed by atoms with Crippen LogP contribution in [0.25, 0.3) is 10.7 Å². The summed E-state index contributed by atoms with van der Waals surface area (Å²) in [5.74, 6) is 0.833.